The number of hydrogen-bond acceptors (Lipinski definition) is 3. The number of nitrogens with one attached hydrogen (secondary N) is 1. The average Bonchev–Trinajstić information content (AvgIpc) is 2.26. The minimum Gasteiger partial charge on any atom is -0.308 e. The Hall–Kier alpha value is -1.61. The number of hydrazine groups is 1. The smallest absolute Gasteiger partial charge is 0.144 e. The van der Waals surface area contributed by atoms with Crippen LogP contribution in [0, 0.1) is 6.92 Å². The molecule has 0 spiro atoms. The van der Waals surface area contributed by atoms with Crippen LogP contribution in [0.5, 0.6) is 0 Å². The van der Waals surface area contributed by atoms with Gasteiger partial charge in [0.2, 0.25) is 0 Å². The Kier molecular flexibility index (Phi) is 2.79. The van der Waals surface area contributed by atoms with Gasteiger partial charge in [-0.1, -0.05) is 32.4 Å². The van der Waals surface area contributed by atoms with E-state index in [-0.39, 0.29) is 5.41 Å². The predicted molar refractivity (Wildman–Crippen MR) is 73.0 cm³/mol. The van der Waals surface area contributed by atoms with Crippen molar-refractivity contribution in [2.24, 2.45) is 5.84 Å². The van der Waals surface area contributed by atoms with E-state index in [0.29, 0.717) is 0 Å². The number of nitrogen functional groups attached to an aromatic ring is 1. The van der Waals surface area contributed by atoms with Gasteiger partial charge in [0.15, 0.2) is 0 Å². The number of hydrogen-bond donors (Lipinski definition) is 2. The average molecular weight is 229 g/mol. The van der Waals surface area contributed by atoms with Crippen LogP contribution in [0.4, 0.5) is 5.82 Å². The van der Waals surface area contributed by atoms with Gasteiger partial charge in [-0.2, -0.15) is 0 Å². The van der Waals surface area contributed by atoms with Gasteiger partial charge in [0, 0.05) is 10.9 Å². The molecule has 0 bridgehead atoms. The van der Waals surface area contributed by atoms with Crippen molar-refractivity contribution in [3.8, 4) is 0 Å². The van der Waals surface area contributed by atoms with Crippen LogP contribution in [0.25, 0.3) is 10.9 Å². The van der Waals surface area contributed by atoms with E-state index in [1.807, 2.05) is 6.07 Å². The maximum Gasteiger partial charge on any atom is 0.144 e. The third kappa shape index (κ3) is 2.24. The Labute approximate surface area is 102 Å². The summed E-state index contributed by atoms with van der Waals surface area (Å²) in [5.74, 6) is 6.31. The fourth-order valence-electron chi connectivity index (χ4n) is 1.98. The molecule has 0 atom stereocenters. The zero-order valence-corrected chi connectivity index (χ0v) is 10.8. The molecule has 2 rings (SSSR count). The fraction of sp³-hybridized carbons (Fsp3) is 0.357. The van der Waals surface area contributed by atoms with Gasteiger partial charge in [0.1, 0.15) is 5.82 Å². The SMILES string of the molecule is Cc1ccc2nc(NN)c(C(C)(C)C)cc2c1. The number of nitrogens with zero attached hydrogens (tertiary/aromatic N) is 1. The molecule has 0 amide bonds. The zero-order chi connectivity index (χ0) is 12.6. The minimum absolute atomic E-state index is 0.0205. The topological polar surface area (TPSA) is 50.9 Å². The van der Waals surface area contributed by atoms with E-state index >= 15 is 0 Å². The lowest BCUT2D eigenvalue weighted by Crippen LogP contribution is -2.19. The Morgan fingerprint density at radius 1 is 1.18 bits per heavy atom. The van der Waals surface area contributed by atoms with Crippen molar-refractivity contribution < 1.29 is 0 Å². The summed E-state index contributed by atoms with van der Waals surface area (Å²) in [7, 11) is 0. The van der Waals surface area contributed by atoms with Gasteiger partial charge >= 0.3 is 0 Å². The molecule has 1 heterocycles. The third-order valence-corrected chi connectivity index (χ3v) is 2.91. The number of pyridine rings is 1. The van der Waals surface area contributed by atoms with Crippen LogP contribution in [-0.2, 0) is 5.41 Å². The van der Waals surface area contributed by atoms with Gasteiger partial charge in [-0.25, -0.2) is 10.8 Å². The van der Waals surface area contributed by atoms with Crippen LogP contribution in [0.2, 0.25) is 0 Å². The second-order valence-corrected chi connectivity index (χ2v) is 5.48. The molecule has 2 aromatic rings. The summed E-state index contributed by atoms with van der Waals surface area (Å²) in [5.41, 5.74) is 6.07. The van der Waals surface area contributed by atoms with E-state index in [9.17, 15) is 0 Å². The van der Waals surface area contributed by atoms with E-state index in [1.54, 1.807) is 0 Å². The summed E-state index contributed by atoms with van der Waals surface area (Å²) in [4.78, 5) is 4.57. The van der Waals surface area contributed by atoms with Crippen molar-refractivity contribution >= 4 is 16.7 Å². The predicted octanol–water partition coefficient (Wildman–Crippen LogP) is 3.13. The Balaban J connectivity index is 2.74. The van der Waals surface area contributed by atoms with Crippen LogP contribution < -0.4 is 11.3 Å². The first-order chi connectivity index (χ1) is 7.91. The van der Waals surface area contributed by atoms with Crippen LogP contribution in [0.3, 0.4) is 0 Å². The molecule has 3 nitrogen and oxygen atoms in total. The number of nitrogens with two attached hydrogens (primary N) is 1. The highest BCUT2D eigenvalue weighted by molar-refractivity contribution is 5.82. The Bertz CT molecular complexity index is 553. The highest BCUT2D eigenvalue weighted by Crippen LogP contribution is 2.30. The maximum absolute atomic E-state index is 5.56. The van der Waals surface area contributed by atoms with Crippen molar-refractivity contribution in [1.29, 1.82) is 0 Å². The number of aromatic nitrogens is 1. The van der Waals surface area contributed by atoms with Crippen molar-refractivity contribution in [3.63, 3.8) is 0 Å². The van der Waals surface area contributed by atoms with E-state index in [1.165, 1.54) is 5.56 Å². The molecule has 0 saturated heterocycles. The van der Waals surface area contributed by atoms with Crippen LogP contribution in [0.15, 0.2) is 24.3 Å². The fourth-order valence-corrected chi connectivity index (χ4v) is 1.98. The molecular formula is C14H19N3. The van der Waals surface area contributed by atoms with Crippen LogP contribution >= 0.6 is 0 Å². The van der Waals surface area contributed by atoms with Gasteiger partial charge in [0.05, 0.1) is 5.52 Å². The zero-order valence-electron chi connectivity index (χ0n) is 10.8. The highest BCUT2D eigenvalue weighted by Gasteiger charge is 2.19. The lowest BCUT2D eigenvalue weighted by molar-refractivity contribution is 0.590. The molecular weight excluding hydrogens is 210 g/mol. The third-order valence-electron chi connectivity index (χ3n) is 2.91. The molecule has 1 aromatic carbocycles. The van der Waals surface area contributed by atoms with Crippen molar-refractivity contribution in [2.75, 3.05) is 5.43 Å². The summed E-state index contributed by atoms with van der Waals surface area (Å²) in [6.07, 6.45) is 0. The van der Waals surface area contributed by atoms with Crippen molar-refractivity contribution in [3.05, 3.63) is 35.4 Å². The van der Waals surface area contributed by atoms with Crippen LogP contribution in [-0.4, -0.2) is 4.98 Å². The molecule has 0 aliphatic heterocycles. The summed E-state index contributed by atoms with van der Waals surface area (Å²) in [6.45, 7) is 8.57. The van der Waals surface area contributed by atoms with E-state index in [4.69, 9.17) is 5.84 Å². The summed E-state index contributed by atoms with van der Waals surface area (Å²) in [6, 6.07) is 8.41. The van der Waals surface area contributed by atoms with Gasteiger partial charge in [-0.15, -0.1) is 0 Å². The number of fused-ring (bicyclic) bond motifs is 1. The number of aryl methyl sites for hydroxylation is 1. The lowest BCUT2D eigenvalue weighted by atomic mass is 9.86. The second-order valence-electron chi connectivity index (χ2n) is 5.48. The summed E-state index contributed by atoms with van der Waals surface area (Å²) >= 11 is 0. The van der Waals surface area contributed by atoms with E-state index < -0.39 is 0 Å². The molecule has 0 aliphatic rings. The normalized spacial score (nSPS) is 11.8. The molecule has 3 heteroatoms. The van der Waals surface area contributed by atoms with Gasteiger partial charge in [0.25, 0.3) is 0 Å². The standard InChI is InChI=1S/C14H19N3/c1-9-5-6-12-10(7-9)8-11(14(2,3)4)13(16-12)17-15/h5-8H,15H2,1-4H3,(H,16,17). The first-order valence-electron chi connectivity index (χ1n) is 5.80. The number of benzene rings is 1. The Morgan fingerprint density at radius 2 is 1.88 bits per heavy atom. The molecule has 3 N–H and O–H groups in total. The number of anilines is 1. The minimum atomic E-state index is 0.0205. The molecule has 0 fully saturated rings. The second kappa shape index (κ2) is 4.00. The van der Waals surface area contributed by atoms with E-state index in [0.717, 1.165) is 22.3 Å². The van der Waals surface area contributed by atoms with Gasteiger partial charge in [-0.3, -0.25) is 0 Å². The lowest BCUT2D eigenvalue weighted by Gasteiger charge is -2.22. The molecule has 17 heavy (non-hydrogen) atoms. The summed E-state index contributed by atoms with van der Waals surface area (Å²) in [5, 5.41) is 1.16. The van der Waals surface area contributed by atoms with E-state index in [2.05, 4.69) is 56.3 Å². The Morgan fingerprint density at radius 3 is 2.47 bits per heavy atom. The molecule has 0 saturated carbocycles. The molecule has 90 valence electrons. The van der Waals surface area contributed by atoms with Crippen molar-refractivity contribution in [2.45, 2.75) is 33.1 Å². The maximum atomic E-state index is 5.56. The van der Waals surface area contributed by atoms with Gasteiger partial charge < -0.3 is 5.43 Å². The molecule has 0 radical (unpaired) electrons. The quantitative estimate of drug-likeness (QED) is 0.583. The van der Waals surface area contributed by atoms with Crippen LogP contribution in [0.1, 0.15) is 31.9 Å². The largest absolute Gasteiger partial charge is 0.308 e. The molecule has 0 unspecified atom stereocenters. The monoisotopic (exact) mass is 229 g/mol. The first kappa shape index (κ1) is 11.9. The first-order valence-corrected chi connectivity index (χ1v) is 5.80. The molecule has 1 aromatic heterocycles. The van der Waals surface area contributed by atoms with Gasteiger partial charge in [-0.05, 0) is 30.5 Å². The summed E-state index contributed by atoms with van der Waals surface area (Å²) < 4.78 is 0. The molecule has 0 aliphatic carbocycles. The van der Waals surface area contributed by atoms with Crippen molar-refractivity contribution in [1.82, 2.24) is 4.98 Å². The number of rotatable bonds is 1. The highest BCUT2D eigenvalue weighted by atomic mass is 15.2.